The number of carbonyl (C=O) groups excluding carboxylic acids is 1. The number of ether oxygens (including phenoxy) is 1. The summed E-state index contributed by atoms with van der Waals surface area (Å²) in [7, 11) is 0. The van der Waals surface area contributed by atoms with Crippen LogP contribution in [0.15, 0.2) is 46.8 Å². The van der Waals surface area contributed by atoms with Crippen molar-refractivity contribution in [1.29, 1.82) is 0 Å². The van der Waals surface area contributed by atoms with Gasteiger partial charge in [0.05, 0.1) is 11.6 Å². The second kappa shape index (κ2) is 8.12. The molecule has 0 saturated heterocycles. The molecule has 0 atom stereocenters. The summed E-state index contributed by atoms with van der Waals surface area (Å²) in [5.74, 6) is -0.0616. The molecule has 2 N–H and O–H groups in total. The third-order valence-corrected chi connectivity index (χ3v) is 5.58. The number of hydrogen-bond acceptors (Lipinski definition) is 7. The van der Waals surface area contributed by atoms with Crippen LogP contribution in [0.5, 0.6) is 0 Å². The van der Waals surface area contributed by atoms with Gasteiger partial charge < -0.3 is 15.0 Å². The fourth-order valence-electron chi connectivity index (χ4n) is 3.31. The summed E-state index contributed by atoms with van der Waals surface area (Å²) >= 11 is 1.48. The number of rotatable bonds is 7. The molecule has 0 bridgehead atoms. The zero-order valence-corrected chi connectivity index (χ0v) is 17.1. The highest BCUT2D eigenvalue weighted by Gasteiger charge is 2.20. The number of para-hydroxylation sites is 1. The molecule has 29 heavy (non-hydrogen) atoms. The molecule has 0 radical (unpaired) electrons. The van der Waals surface area contributed by atoms with Crippen LogP contribution in [-0.4, -0.2) is 36.7 Å². The Morgan fingerprint density at radius 1 is 1.21 bits per heavy atom. The molecule has 0 amide bonds. The van der Waals surface area contributed by atoms with Crippen LogP contribution < -0.4 is 5.73 Å². The van der Waals surface area contributed by atoms with Gasteiger partial charge in [0.25, 0.3) is 0 Å². The smallest absolute Gasteiger partial charge is 0.326 e. The highest BCUT2D eigenvalue weighted by atomic mass is 32.2. The molecule has 0 spiro atoms. The zero-order valence-electron chi connectivity index (χ0n) is 16.3. The number of nitrogens with two attached hydrogens (primary N) is 1. The van der Waals surface area contributed by atoms with Gasteiger partial charge in [-0.3, -0.25) is 9.36 Å². The molecule has 3 heterocycles. The predicted octanol–water partition coefficient (Wildman–Crippen LogP) is 3.49. The zero-order chi connectivity index (χ0) is 20.4. The Hall–Kier alpha value is -3.07. The molecule has 0 aliphatic heterocycles. The Morgan fingerprint density at radius 2 is 2.03 bits per heavy atom. The van der Waals surface area contributed by atoms with Crippen molar-refractivity contribution in [2.75, 3.05) is 12.3 Å². The number of benzene rings is 1. The Labute approximate surface area is 172 Å². The minimum atomic E-state index is -0.347. The Morgan fingerprint density at radius 3 is 2.83 bits per heavy atom. The van der Waals surface area contributed by atoms with Crippen LogP contribution in [0.4, 0.5) is 5.82 Å². The van der Waals surface area contributed by atoms with E-state index in [4.69, 9.17) is 10.5 Å². The van der Waals surface area contributed by atoms with Gasteiger partial charge >= 0.3 is 5.97 Å². The monoisotopic (exact) mass is 410 g/mol. The van der Waals surface area contributed by atoms with E-state index < -0.39 is 0 Å². The van der Waals surface area contributed by atoms with Crippen LogP contribution in [0.2, 0.25) is 0 Å². The fourth-order valence-corrected chi connectivity index (χ4v) is 4.38. The number of fused-ring (bicyclic) bond motifs is 2. The molecule has 4 rings (SSSR count). The maximum absolute atomic E-state index is 12.2. The van der Waals surface area contributed by atoms with Gasteiger partial charge in [0, 0.05) is 17.4 Å². The lowest BCUT2D eigenvalue weighted by molar-refractivity contribution is -0.143. The van der Waals surface area contributed by atoms with Gasteiger partial charge in [0.2, 0.25) is 0 Å². The summed E-state index contributed by atoms with van der Waals surface area (Å²) in [6.07, 6.45) is 2.38. The lowest BCUT2D eigenvalue weighted by Crippen LogP contribution is -2.14. The first kappa shape index (κ1) is 19.3. The van der Waals surface area contributed by atoms with Gasteiger partial charge in [0.15, 0.2) is 22.1 Å². The van der Waals surface area contributed by atoms with Crippen LogP contribution in [0.3, 0.4) is 0 Å². The van der Waals surface area contributed by atoms with Gasteiger partial charge in [-0.2, -0.15) is 0 Å². The Bertz CT molecular complexity index is 1180. The number of hydrogen-bond donors (Lipinski definition) is 1. The number of aryl methyl sites for hydroxylation is 1. The summed E-state index contributed by atoms with van der Waals surface area (Å²) in [6.45, 7) is 5.14. The number of imidazole rings is 1. The SMILES string of the molecule is CCCn1c(Sc2nc3c(N)ncnc3n2CC(=O)OCC)cc2ccccc21. The minimum absolute atomic E-state index is 0.0110. The second-order valence-electron chi connectivity index (χ2n) is 6.51. The van der Waals surface area contributed by atoms with Crippen molar-refractivity contribution in [3.8, 4) is 0 Å². The van der Waals surface area contributed by atoms with Gasteiger partial charge in [-0.15, -0.1) is 0 Å². The first-order chi connectivity index (χ1) is 14.1. The summed E-state index contributed by atoms with van der Waals surface area (Å²) < 4.78 is 9.14. The van der Waals surface area contributed by atoms with E-state index in [9.17, 15) is 4.79 Å². The topological polar surface area (TPSA) is 101 Å². The standard InChI is InChI=1S/C20H22N6O2S/c1-3-9-25-14-8-6-5-7-13(14)10-15(25)29-20-24-17-18(21)22-12-23-19(17)26(20)11-16(27)28-4-2/h5-8,10,12H,3-4,9,11H2,1-2H3,(H2,21,22,23). The number of carbonyl (C=O) groups is 1. The summed E-state index contributed by atoms with van der Waals surface area (Å²) in [5, 5.41) is 2.83. The second-order valence-corrected chi connectivity index (χ2v) is 7.50. The van der Waals surface area contributed by atoms with Crippen molar-refractivity contribution in [2.24, 2.45) is 0 Å². The molecule has 3 aromatic heterocycles. The van der Waals surface area contributed by atoms with E-state index in [0.29, 0.717) is 22.9 Å². The van der Waals surface area contributed by atoms with E-state index in [1.165, 1.54) is 23.6 Å². The molecule has 0 saturated carbocycles. The van der Waals surface area contributed by atoms with Crippen molar-refractivity contribution in [3.05, 3.63) is 36.7 Å². The number of nitrogen functional groups attached to an aromatic ring is 1. The van der Waals surface area contributed by atoms with E-state index in [1.54, 1.807) is 11.5 Å². The molecule has 9 heteroatoms. The third-order valence-electron chi connectivity index (χ3n) is 4.53. The van der Waals surface area contributed by atoms with Gasteiger partial charge in [-0.05, 0) is 37.2 Å². The highest BCUT2D eigenvalue weighted by molar-refractivity contribution is 7.99. The van der Waals surface area contributed by atoms with E-state index in [1.807, 2.05) is 12.1 Å². The van der Waals surface area contributed by atoms with E-state index in [2.05, 4.69) is 44.6 Å². The largest absolute Gasteiger partial charge is 0.465 e. The quantitative estimate of drug-likeness (QED) is 0.465. The minimum Gasteiger partial charge on any atom is -0.465 e. The lowest BCUT2D eigenvalue weighted by Gasteiger charge is -2.10. The highest BCUT2D eigenvalue weighted by Crippen LogP contribution is 2.34. The molecule has 8 nitrogen and oxygen atoms in total. The van der Waals surface area contributed by atoms with Crippen molar-refractivity contribution in [2.45, 2.75) is 43.5 Å². The van der Waals surface area contributed by atoms with Gasteiger partial charge in [0.1, 0.15) is 12.9 Å². The van der Waals surface area contributed by atoms with Crippen LogP contribution in [0.1, 0.15) is 20.3 Å². The van der Waals surface area contributed by atoms with Crippen LogP contribution in [0.25, 0.3) is 22.1 Å². The Balaban J connectivity index is 1.82. The molecule has 0 unspecified atom stereocenters. The number of aromatic nitrogens is 5. The van der Waals surface area contributed by atoms with Crippen molar-refractivity contribution in [1.82, 2.24) is 24.1 Å². The maximum atomic E-state index is 12.2. The number of nitrogens with zero attached hydrogens (tertiary/aromatic N) is 5. The summed E-state index contributed by atoms with van der Waals surface area (Å²) in [5.41, 5.74) is 8.18. The molecular weight excluding hydrogens is 388 g/mol. The van der Waals surface area contributed by atoms with E-state index in [0.717, 1.165) is 23.4 Å². The fraction of sp³-hybridized carbons (Fsp3) is 0.300. The molecule has 150 valence electrons. The van der Waals surface area contributed by atoms with Crippen molar-refractivity contribution >= 4 is 45.6 Å². The number of anilines is 1. The third kappa shape index (κ3) is 3.65. The van der Waals surface area contributed by atoms with Crippen LogP contribution in [0, 0.1) is 0 Å². The van der Waals surface area contributed by atoms with Crippen molar-refractivity contribution in [3.63, 3.8) is 0 Å². The first-order valence-corrected chi connectivity index (χ1v) is 10.3. The first-order valence-electron chi connectivity index (χ1n) is 9.50. The molecule has 0 aliphatic rings. The van der Waals surface area contributed by atoms with Gasteiger partial charge in [-0.25, -0.2) is 15.0 Å². The average molecular weight is 411 g/mol. The van der Waals surface area contributed by atoms with Crippen LogP contribution in [-0.2, 0) is 22.6 Å². The normalized spacial score (nSPS) is 11.4. The maximum Gasteiger partial charge on any atom is 0.326 e. The lowest BCUT2D eigenvalue weighted by atomic mass is 10.2. The van der Waals surface area contributed by atoms with E-state index in [-0.39, 0.29) is 18.3 Å². The molecular formula is C20H22N6O2S. The predicted molar refractivity (Wildman–Crippen MR) is 113 cm³/mol. The van der Waals surface area contributed by atoms with Gasteiger partial charge in [-0.1, -0.05) is 25.1 Å². The summed E-state index contributed by atoms with van der Waals surface area (Å²) in [6, 6.07) is 10.4. The Kier molecular flexibility index (Phi) is 5.39. The van der Waals surface area contributed by atoms with Crippen molar-refractivity contribution < 1.29 is 9.53 Å². The number of esters is 1. The molecule has 0 aliphatic carbocycles. The average Bonchev–Trinajstić information content (AvgIpc) is 3.22. The molecule has 1 aromatic carbocycles. The molecule has 0 fully saturated rings. The molecule has 4 aromatic rings. The summed E-state index contributed by atoms with van der Waals surface area (Å²) in [4.78, 5) is 25.2. The van der Waals surface area contributed by atoms with Crippen LogP contribution >= 0.6 is 11.8 Å². The van der Waals surface area contributed by atoms with E-state index >= 15 is 0 Å².